The highest BCUT2D eigenvalue weighted by Gasteiger charge is 2.25. The number of hydrogen-bond acceptors (Lipinski definition) is 2. The van der Waals surface area contributed by atoms with Gasteiger partial charge in [0.15, 0.2) is 0 Å². The van der Waals surface area contributed by atoms with E-state index in [0.717, 1.165) is 45.6 Å². The third kappa shape index (κ3) is 3.76. The van der Waals surface area contributed by atoms with E-state index < -0.39 is 0 Å². The Bertz CT molecular complexity index is 456. The fourth-order valence-electron chi connectivity index (χ4n) is 3.24. The molecule has 21 heavy (non-hydrogen) atoms. The van der Waals surface area contributed by atoms with Crippen LogP contribution in [0.5, 0.6) is 0 Å². The molecular weight excluding hydrogens is 262 g/mol. The number of benzene rings is 1. The molecule has 1 aromatic carbocycles. The van der Waals surface area contributed by atoms with Crippen LogP contribution >= 0.6 is 0 Å². The molecule has 2 heterocycles. The first kappa shape index (κ1) is 14.4. The van der Waals surface area contributed by atoms with Gasteiger partial charge in [0.05, 0.1) is 6.04 Å². The summed E-state index contributed by atoms with van der Waals surface area (Å²) >= 11 is 0. The average Bonchev–Trinajstić information content (AvgIpc) is 2.57. The Morgan fingerprint density at radius 3 is 2.62 bits per heavy atom. The summed E-state index contributed by atoms with van der Waals surface area (Å²) in [5, 5.41) is 4.65. The van der Waals surface area contributed by atoms with Gasteiger partial charge in [-0.1, -0.05) is 18.2 Å². The first-order valence-electron chi connectivity index (χ1n) is 8.07. The second kappa shape index (κ2) is 6.94. The molecule has 2 saturated heterocycles. The minimum Gasteiger partial charge on any atom is -0.369 e. The van der Waals surface area contributed by atoms with E-state index in [4.69, 9.17) is 0 Å². The van der Waals surface area contributed by atoms with E-state index >= 15 is 0 Å². The molecular formula is C17H24N3O. The predicted molar refractivity (Wildman–Crippen MR) is 84.5 cm³/mol. The van der Waals surface area contributed by atoms with Gasteiger partial charge in [0.2, 0.25) is 5.91 Å². The largest absolute Gasteiger partial charge is 0.369 e. The fraction of sp³-hybridized carbons (Fsp3) is 0.588. The Labute approximate surface area is 127 Å². The Hall–Kier alpha value is -1.55. The molecule has 1 unspecified atom stereocenters. The summed E-state index contributed by atoms with van der Waals surface area (Å²) in [5.74, 6) is 0.290. The molecule has 2 aliphatic rings. The highest BCUT2D eigenvalue weighted by molar-refractivity contribution is 5.77. The van der Waals surface area contributed by atoms with Gasteiger partial charge in [0.25, 0.3) is 0 Å². The van der Waals surface area contributed by atoms with Crippen molar-refractivity contribution in [2.45, 2.75) is 31.7 Å². The van der Waals surface area contributed by atoms with Gasteiger partial charge in [0.1, 0.15) is 0 Å². The van der Waals surface area contributed by atoms with Gasteiger partial charge >= 0.3 is 0 Å². The van der Waals surface area contributed by atoms with E-state index in [9.17, 15) is 4.79 Å². The maximum Gasteiger partial charge on any atom is 0.224 e. The molecule has 1 radical (unpaired) electrons. The molecule has 0 saturated carbocycles. The van der Waals surface area contributed by atoms with Crippen molar-refractivity contribution in [2.24, 2.45) is 0 Å². The number of para-hydroxylation sites is 1. The summed E-state index contributed by atoms with van der Waals surface area (Å²) in [4.78, 5) is 16.7. The molecule has 3 rings (SSSR count). The van der Waals surface area contributed by atoms with Crippen molar-refractivity contribution in [1.29, 1.82) is 0 Å². The molecule has 1 atom stereocenters. The maximum absolute atomic E-state index is 12.4. The van der Waals surface area contributed by atoms with Crippen LogP contribution in [0.4, 0.5) is 5.69 Å². The molecule has 0 spiro atoms. The lowest BCUT2D eigenvalue weighted by Gasteiger charge is -2.35. The number of carbonyl (C=O) groups is 1. The molecule has 0 aliphatic carbocycles. The lowest BCUT2D eigenvalue weighted by atomic mass is 10.1. The molecule has 113 valence electrons. The number of nitrogens with zero attached hydrogens (tertiary/aromatic N) is 3. The van der Waals surface area contributed by atoms with Crippen LogP contribution in [-0.2, 0) is 4.79 Å². The molecule has 4 heteroatoms. The summed E-state index contributed by atoms with van der Waals surface area (Å²) in [6.07, 6.45) is 4.15. The Kier molecular flexibility index (Phi) is 4.76. The second-order valence-corrected chi connectivity index (χ2v) is 5.99. The minimum atomic E-state index is 0.147. The summed E-state index contributed by atoms with van der Waals surface area (Å²) in [7, 11) is 0. The number of likely N-dealkylation sites (tertiary alicyclic amines) is 1. The molecule has 2 aliphatic heterocycles. The van der Waals surface area contributed by atoms with E-state index in [1.54, 1.807) is 0 Å². The lowest BCUT2D eigenvalue weighted by Crippen LogP contribution is -2.49. The average molecular weight is 286 g/mol. The number of rotatable bonds is 3. The highest BCUT2D eigenvalue weighted by Crippen LogP contribution is 2.18. The van der Waals surface area contributed by atoms with E-state index in [1.165, 1.54) is 12.1 Å². The van der Waals surface area contributed by atoms with E-state index in [-0.39, 0.29) is 6.04 Å². The number of anilines is 1. The van der Waals surface area contributed by atoms with Gasteiger partial charge in [-0.15, -0.1) is 0 Å². The highest BCUT2D eigenvalue weighted by atomic mass is 16.2. The standard InChI is InChI=1S/C17H24N3O/c21-17(19-10-5-2-6-11-19)13-15-14-20(12-9-18-15)16-7-3-1-4-8-16/h1,3-4,7-8,15H,2,5-6,9-14H2. The number of amides is 1. The first-order valence-corrected chi connectivity index (χ1v) is 8.07. The molecule has 0 aromatic heterocycles. The van der Waals surface area contributed by atoms with Crippen molar-refractivity contribution in [2.75, 3.05) is 37.6 Å². The monoisotopic (exact) mass is 286 g/mol. The zero-order valence-corrected chi connectivity index (χ0v) is 12.6. The molecule has 0 bridgehead atoms. The van der Waals surface area contributed by atoms with Gasteiger partial charge in [-0.2, -0.15) is 0 Å². The van der Waals surface area contributed by atoms with Crippen molar-refractivity contribution in [3.8, 4) is 0 Å². The minimum absolute atomic E-state index is 0.147. The normalized spacial score (nSPS) is 23.1. The van der Waals surface area contributed by atoms with Crippen LogP contribution in [0.15, 0.2) is 30.3 Å². The summed E-state index contributed by atoms with van der Waals surface area (Å²) in [6.45, 7) is 4.52. The van der Waals surface area contributed by atoms with E-state index in [2.05, 4.69) is 34.5 Å². The summed E-state index contributed by atoms with van der Waals surface area (Å²) in [6, 6.07) is 10.6. The van der Waals surface area contributed by atoms with Crippen LogP contribution in [0.3, 0.4) is 0 Å². The number of piperazine rings is 1. The zero-order valence-electron chi connectivity index (χ0n) is 12.6. The van der Waals surface area contributed by atoms with Crippen molar-refractivity contribution in [1.82, 2.24) is 10.2 Å². The van der Waals surface area contributed by atoms with Crippen molar-refractivity contribution in [3.63, 3.8) is 0 Å². The quantitative estimate of drug-likeness (QED) is 0.851. The smallest absolute Gasteiger partial charge is 0.224 e. The van der Waals surface area contributed by atoms with Gasteiger partial charge in [-0.3, -0.25) is 4.79 Å². The van der Waals surface area contributed by atoms with Crippen LogP contribution in [0.25, 0.3) is 0 Å². The van der Waals surface area contributed by atoms with Crippen molar-refractivity contribution in [3.05, 3.63) is 30.3 Å². The Morgan fingerprint density at radius 1 is 1.10 bits per heavy atom. The van der Waals surface area contributed by atoms with Crippen LogP contribution in [0.1, 0.15) is 25.7 Å². The van der Waals surface area contributed by atoms with E-state index in [0.29, 0.717) is 12.3 Å². The fourth-order valence-corrected chi connectivity index (χ4v) is 3.24. The predicted octanol–water partition coefficient (Wildman–Crippen LogP) is 1.88. The number of carbonyl (C=O) groups excluding carboxylic acids is 1. The molecule has 1 amide bonds. The number of hydrogen-bond donors (Lipinski definition) is 0. The SMILES string of the molecule is O=C(CC1CN(c2ccccc2)CC[N]1)N1CCCCC1. The molecule has 0 N–H and O–H groups in total. The lowest BCUT2D eigenvalue weighted by molar-refractivity contribution is -0.132. The Morgan fingerprint density at radius 2 is 1.86 bits per heavy atom. The van der Waals surface area contributed by atoms with Gasteiger partial charge in [-0.25, -0.2) is 5.32 Å². The van der Waals surface area contributed by atoms with Crippen LogP contribution in [-0.4, -0.2) is 49.6 Å². The number of piperidine rings is 1. The molecule has 1 aromatic rings. The molecule has 4 nitrogen and oxygen atoms in total. The summed E-state index contributed by atoms with van der Waals surface area (Å²) in [5.41, 5.74) is 1.24. The van der Waals surface area contributed by atoms with Crippen molar-refractivity contribution >= 4 is 11.6 Å². The summed E-state index contributed by atoms with van der Waals surface area (Å²) < 4.78 is 0. The van der Waals surface area contributed by atoms with Crippen LogP contribution in [0, 0.1) is 0 Å². The van der Waals surface area contributed by atoms with Gasteiger partial charge < -0.3 is 9.80 Å². The van der Waals surface area contributed by atoms with Crippen LogP contribution in [0.2, 0.25) is 0 Å². The van der Waals surface area contributed by atoms with Gasteiger partial charge in [-0.05, 0) is 31.4 Å². The van der Waals surface area contributed by atoms with Crippen LogP contribution < -0.4 is 10.2 Å². The first-order chi connectivity index (χ1) is 10.3. The topological polar surface area (TPSA) is 37.7 Å². The zero-order chi connectivity index (χ0) is 14.5. The second-order valence-electron chi connectivity index (χ2n) is 5.99. The molecule has 2 fully saturated rings. The van der Waals surface area contributed by atoms with E-state index in [1.807, 2.05) is 11.0 Å². The Balaban J connectivity index is 1.55. The van der Waals surface area contributed by atoms with Gasteiger partial charge in [0, 0.05) is 44.8 Å². The third-order valence-electron chi connectivity index (χ3n) is 4.43. The maximum atomic E-state index is 12.4. The van der Waals surface area contributed by atoms with Crippen molar-refractivity contribution < 1.29 is 4.79 Å². The third-order valence-corrected chi connectivity index (χ3v) is 4.43.